The number of rotatable bonds is 3. The zero-order valence-corrected chi connectivity index (χ0v) is 12.5. The van der Waals surface area contributed by atoms with Crippen LogP contribution in [0.25, 0.3) is 11.1 Å². The molecule has 0 fully saturated rings. The van der Waals surface area contributed by atoms with Gasteiger partial charge in [-0.3, -0.25) is 14.2 Å². The molecule has 1 aromatic heterocycles. The second-order valence-corrected chi connectivity index (χ2v) is 5.59. The topological polar surface area (TPSA) is 102 Å². The molecule has 1 amide bonds. The predicted octanol–water partition coefficient (Wildman–Crippen LogP) is 1.74. The van der Waals surface area contributed by atoms with E-state index in [1.165, 1.54) is 4.57 Å². The molecule has 0 spiro atoms. The van der Waals surface area contributed by atoms with Gasteiger partial charge in [0.25, 0.3) is 0 Å². The molecule has 0 unspecified atom stereocenters. The molecule has 1 aliphatic rings. The second-order valence-electron chi connectivity index (χ2n) is 5.59. The van der Waals surface area contributed by atoms with E-state index in [1.54, 1.807) is 31.3 Å². The third kappa shape index (κ3) is 2.77. The summed E-state index contributed by atoms with van der Waals surface area (Å²) in [6, 6.07) is 4.89. The van der Waals surface area contributed by atoms with Crippen LogP contribution in [0.4, 0.5) is 5.69 Å². The van der Waals surface area contributed by atoms with Crippen molar-refractivity contribution in [3.8, 4) is 0 Å². The van der Waals surface area contributed by atoms with Crippen LogP contribution in [-0.4, -0.2) is 21.6 Å². The smallest absolute Gasteiger partial charge is 0.419 e. The first-order valence-corrected chi connectivity index (χ1v) is 7.25. The van der Waals surface area contributed by atoms with Gasteiger partial charge in [-0.2, -0.15) is 0 Å². The average Bonchev–Trinajstić information content (AvgIpc) is 2.81. The van der Waals surface area contributed by atoms with Crippen LogP contribution < -0.4 is 11.1 Å². The van der Waals surface area contributed by atoms with Gasteiger partial charge in [0.1, 0.15) is 0 Å². The van der Waals surface area contributed by atoms with Gasteiger partial charge in [-0.15, -0.1) is 0 Å². The van der Waals surface area contributed by atoms with Gasteiger partial charge >= 0.3 is 11.7 Å². The molecule has 7 nitrogen and oxygen atoms in total. The summed E-state index contributed by atoms with van der Waals surface area (Å²) in [6.07, 6.45) is 4.35. The monoisotopic (exact) mass is 316 g/mol. The fourth-order valence-corrected chi connectivity index (χ4v) is 2.82. The summed E-state index contributed by atoms with van der Waals surface area (Å²) < 4.78 is 6.44. The largest absolute Gasteiger partial charge is 0.481 e. The van der Waals surface area contributed by atoms with Gasteiger partial charge in [0.15, 0.2) is 5.58 Å². The van der Waals surface area contributed by atoms with Crippen molar-refractivity contribution in [1.82, 2.24) is 4.57 Å². The Morgan fingerprint density at radius 2 is 1.96 bits per heavy atom. The Bertz CT molecular complexity index is 861. The normalized spacial score (nSPS) is 20.6. The van der Waals surface area contributed by atoms with Crippen molar-refractivity contribution in [3.05, 3.63) is 40.9 Å². The Morgan fingerprint density at radius 3 is 2.65 bits per heavy atom. The zero-order chi connectivity index (χ0) is 16.6. The van der Waals surface area contributed by atoms with Crippen LogP contribution in [0.3, 0.4) is 0 Å². The highest BCUT2D eigenvalue weighted by Crippen LogP contribution is 2.27. The van der Waals surface area contributed by atoms with Crippen LogP contribution in [0, 0.1) is 11.8 Å². The first kappa shape index (κ1) is 15.1. The molecule has 1 aromatic carbocycles. The van der Waals surface area contributed by atoms with Crippen molar-refractivity contribution in [2.75, 3.05) is 5.32 Å². The van der Waals surface area contributed by atoms with Crippen molar-refractivity contribution in [3.63, 3.8) is 0 Å². The van der Waals surface area contributed by atoms with Gasteiger partial charge in [0.2, 0.25) is 5.91 Å². The third-order valence-electron chi connectivity index (χ3n) is 4.15. The van der Waals surface area contributed by atoms with Crippen molar-refractivity contribution < 1.29 is 19.1 Å². The lowest BCUT2D eigenvalue weighted by Crippen LogP contribution is -2.34. The molecular formula is C16H16N2O5. The Morgan fingerprint density at radius 1 is 1.26 bits per heavy atom. The van der Waals surface area contributed by atoms with Gasteiger partial charge in [-0.25, -0.2) is 4.79 Å². The molecule has 0 radical (unpaired) electrons. The molecule has 3 rings (SSSR count). The number of carbonyl (C=O) groups excluding carboxylic acids is 1. The highest BCUT2D eigenvalue weighted by molar-refractivity contribution is 5.96. The predicted molar refractivity (Wildman–Crippen MR) is 83.1 cm³/mol. The number of carbonyl (C=O) groups is 2. The molecule has 0 saturated carbocycles. The maximum atomic E-state index is 12.4. The summed E-state index contributed by atoms with van der Waals surface area (Å²) in [5, 5.41) is 11.9. The number of hydrogen-bond acceptors (Lipinski definition) is 4. The minimum Gasteiger partial charge on any atom is -0.481 e. The molecule has 0 aliphatic heterocycles. The van der Waals surface area contributed by atoms with Gasteiger partial charge in [-0.05, 0) is 25.0 Å². The molecule has 0 saturated heterocycles. The Hall–Kier alpha value is -2.83. The molecule has 2 N–H and O–H groups in total. The number of anilines is 1. The number of aryl methyl sites for hydroxylation is 1. The van der Waals surface area contributed by atoms with E-state index in [2.05, 4.69) is 5.32 Å². The minimum absolute atomic E-state index is 0.347. The Balaban J connectivity index is 1.83. The standard InChI is InChI=1S/C16H16N2O5/c1-18-12-7-6-9(8-13(12)23-16(18)22)17-14(19)10-4-2-3-5-11(10)15(20)21/h2-3,6-8,10-11H,4-5H2,1H3,(H,17,19)(H,20,21)/t10-,11+/m0/s1. The van der Waals surface area contributed by atoms with E-state index >= 15 is 0 Å². The van der Waals surface area contributed by atoms with Crippen LogP contribution in [0.1, 0.15) is 12.8 Å². The van der Waals surface area contributed by atoms with Crippen LogP contribution in [0.15, 0.2) is 39.6 Å². The minimum atomic E-state index is -0.973. The van der Waals surface area contributed by atoms with Crippen LogP contribution in [0.2, 0.25) is 0 Å². The molecule has 7 heteroatoms. The lowest BCUT2D eigenvalue weighted by molar-refractivity contribution is -0.146. The third-order valence-corrected chi connectivity index (χ3v) is 4.15. The average molecular weight is 316 g/mol. The molecule has 1 heterocycles. The molecule has 120 valence electrons. The van der Waals surface area contributed by atoms with E-state index < -0.39 is 23.6 Å². The summed E-state index contributed by atoms with van der Waals surface area (Å²) in [5.41, 5.74) is 1.46. The lowest BCUT2D eigenvalue weighted by Gasteiger charge is -2.24. The van der Waals surface area contributed by atoms with E-state index in [-0.39, 0.29) is 5.91 Å². The number of carboxylic acids is 1. The molecular weight excluding hydrogens is 300 g/mol. The summed E-state index contributed by atoms with van der Waals surface area (Å²) in [5.74, 6) is -3.14. The Labute approximate surface area is 131 Å². The SMILES string of the molecule is Cn1c(=O)oc2cc(NC(=O)[C@H]3CC=CC[C@H]3C(=O)O)ccc21. The van der Waals surface area contributed by atoms with Crippen molar-refractivity contribution in [2.24, 2.45) is 18.9 Å². The van der Waals surface area contributed by atoms with Gasteiger partial charge in [0.05, 0.1) is 17.4 Å². The number of hydrogen-bond donors (Lipinski definition) is 2. The lowest BCUT2D eigenvalue weighted by atomic mass is 9.82. The highest BCUT2D eigenvalue weighted by Gasteiger charge is 2.33. The van der Waals surface area contributed by atoms with E-state index in [0.29, 0.717) is 29.6 Å². The maximum absolute atomic E-state index is 12.4. The van der Waals surface area contributed by atoms with Crippen molar-refractivity contribution in [2.45, 2.75) is 12.8 Å². The van der Waals surface area contributed by atoms with E-state index in [1.807, 2.05) is 6.08 Å². The molecule has 1 aliphatic carbocycles. The van der Waals surface area contributed by atoms with Crippen LogP contribution >= 0.6 is 0 Å². The number of oxazole rings is 1. The molecule has 2 aromatic rings. The molecule has 23 heavy (non-hydrogen) atoms. The first-order chi connectivity index (χ1) is 11.0. The van der Waals surface area contributed by atoms with Gasteiger partial charge < -0.3 is 14.8 Å². The number of nitrogens with zero attached hydrogens (tertiary/aromatic N) is 1. The summed E-state index contributed by atoms with van der Waals surface area (Å²) in [4.78, 5) is 35.1. The first-order valence-electron chi connectivity index (χ1n) is 7.25. The van der Waals surface area contributed by atoms with E-state index in [0.717, 1.165) is 0 Å². The van der Waals surface area contributed by atoms with E-state index in [4.69, 9.17) is 4.42 Å². The number of nitrogens with one attached hydrogen (secondary N) is 1. The number of fused-ring (bicyclic) bond motifs is 1. The number of allylic oxidation sites excluding steroid dienone is 2. The fourth-order valence-electron chi connectivity index (χ4n) is 2.82. The number of carboxylic acid groups (broad SMARTS) is 1. The van der Waals surface area contributed by atoms with Crippen LogP contribution in [-0.2, 0) is 16.6 Å². The van der Waals surface area contributed by atoms with Gasteiger partial charge in [-0.1, -0.05) is 12.2 Å². The molecule has 0 bridgehead atoms. The number of aromatic nitrogens is 1. The second kappa shape index (κ2) is 5.75. The van der Waals surface area contributed by atoms with Gasteiger partial charge in [0, 0.05) is 18.8 Å². The van der Waals surface area contributed by atoms with E-state index in [9.17, 15) is 19.5 Å². The summed E-state index contributed by atoms with van der Waals surface area (Å²) >= 11 is 0. The number of aliphatic carboxylic acids is 1. The number of amides is 1. The summed E-state index contributed by atoms with van der Waals surface area (Å²) in [7, 11) is 1.60. The highest BCUT2D eigenvalue weighted by atomic mass is 16.4. The number of benzene rings is 1. The zero-order valence-electron chi connectivity index (χ0n) is 12.5. The Kier molecular flexibility index (Phi) is 3.77. The fraction of sp³-hybridized carbons (Fsp3) is 0.312. The quantitative estimate of drug-likeness (QED) is 0.840. The maximum Gasteiger partial charge on any atom is 0.419 e. The summed E-state index contributed by atoms with van der Waals surface area (Å²) in [6.45, 7) is 0. The molecule has 2 atom stereocenters. The van der Waals surface area contributed by atoms with Crippen LogP contribution in [0.5, 0.6) is 0 Å². The van der Waals surface area contributed by atoms with Crippen molar-refractivity contribution in [1.29, 1.82) is 0 Å². The van der Waals surface area contributed by atoms with Crippen molar-refractivity contribution >= 4 is 28.7 Å².